The molecule has 19 heavy (non-hydrogen) atoms. The minimum Gasteiger partial charge on any atom is -0.497 e. The smallest absolute Gasteiger partial charge is 0.324 e. The number of methoxy groups -OCH3 is 1. The topological polar surface area (TPSA) is 70.7 Å². The van der Waals surface area contributed by atoms with Crippen LogP contribution in [0.3, 0.4) is 0 Å². The van der Waals surface area contributed by atoms with Crippen molar-refractivity contribution >= 4 is 17.6 Å². The Kier molecular flexibility index (Phi) is 3.89. The Hall–Kier alpha value is -2.24. The molecule has 0 aliphatic carbocycles. The van der Waals surface area contributed by atoms with Crippen LogP contribution < -0.4 is 15.4 Å². The highest BCUT2D eigenvalue weighted by molar-refractivity contribution is 5.99. The number of nitrogens with one attached hydrogen (secondary N) is 2. The summed E-state index contributed by atoms with van der Waals surface area (Å²) in [6, 6.07) is 6.48. The molecule has 0 radical (unpaired) electrons. The third kappa shape index (κ3) is 2.96. The lowest BCUT2D eigenvalue weighted by atomic mass is 10.2. The van der Waals surface area contributed by atoms with Crippen LogP contribution in [0.1, 0.15) is 6.92 Å². The SMILES string of the molecule is COc1ccc(NC(C)C(=O)N2CCNC2=O)cc1. The lowest BCUT2D eigenvalue weighted by Gasteiger charge is -2.19. The van der Waals surface area contributed by atoms with E-state index in [1.54, 1.807) is 14.0 Å². The van der Waals surface area contributed by atoms with Crippen molar-refractivity contribution in [2.75, 3.05) is 25.5 Å². The van der Waals surface area contributed by atoms with Gasteiger partial charge in [-0.25, -0.2) is 4.79 Å². The minimum absolute atomic E-state index is 0.231. The van der Waals surface area contributed by atoms with E-state index in [0.29, 0.717) is 13.1 Å². The maximum absolute atomic E-state index is 12.1. The van der Waals surface area contributed by atoms with Crippen LogP contribution in [-0.2, 0) is 4.79 Å². The Balaban J connectivity index is 1.97. The quantitative estimate of drug-likeness (QED) is 0.851. The van der Waals surface area contributed by atoms with Gasteiger partial charge in [0.1, 0.15) is 11.8 Å². The molecule has 1 aliphatic heterocycles. The monoisotopic (exact) mass is 263 g/mol. The summed E-state index contributed by atoms with van der Waals surface area (Å²) in [5.74, 6) is 0.522. The highest BCUT2D eigenvalue weighted by atomic mass is 16.5. The van der Waals surface area contributed by atoms with Crippen molar-refractivity contribution in [3.63, 3.8) is 0 Å². The fourth-order valence-corrected chi connectivity index (χ4v) is 1.91. The summed E-state index contributed by atoms with van der Waals surface area (Å²) in [6.45, 7) is 2.67. The molecule has 0 bridgehead atoms. The van der Waals surface area contributed by atoms with Gasteiger partial charge in [0.25, 0.3) is 5.91 Å². The van der Waals surface area contributed by atoms with E-state index in [9.17, 15) is 9.59 Å². The van der Waals surface area contributed by atoms with E-state index in [0.717, 1.165) is 11.4 Å². The molecule has 1 fully saturated rings. The zero-order chi connectivity index (χ0) is 13.8. The Labute approximate surface area is 111 Å². The number of amides is 3. The van der Waals surface area contributed by atoms with Crippen LogP contribution in [-0.4, -0.2) is 43.1 Å². The van der Waals surface area contributed by atoms with E-state index in [1.165, 1.54) is 4.90 Å². The molecule has 6 nitrogen and oxygen atoms in total. The van der Waals surface area contributed by atoms with E-state index in [1.807, 2.05) is 24.3 Å². The van der Waals surface area contributed by atoms with Gasteiger partial charge in [0, 0.05) is 18.8 Å². The van der Waals surface area contributed by atoms with Crippen molar-refractivity contribution in [3.8, 4) is 5.75 Å². The molecule has 1 aromatic carbocycles. The summed E-state index contributed by atoms with van der Waals surface area (Å²) in [7, 11) is 1.60. The molecule has 0 saturated carbocycles. The molecule has 3 amide bonds. The average molecular weight is 263 g/mol. The number of urea groups is 1. The van der Waals surface area contributed by atoms with Crippen molar-refractivity contribution in [1.82, 2.24) is 10.2 Å². The van der Waals surface area contributed by atoms with Gasteiger partial charge in [-0.3, -0.25) is 9.69 Å². The third-order valence-corrected chi connectivity index (χ3v) is 2.97. The van der Waals surface area contributed by atoms with Crippen LogP contribution in [0.2, 0.25) is 0 Å². The Morgan fingerprint density at radius 3 is 2.63 bits per heavy atom. The van der Waals surface area contributed by atoms with Gasteiger partial charge < -0.3 is 15.4 Å². The maximum Gasteiger partial charge on any atom is 0.324 e. The Morgan fingerprint density at radius 1 is 1.42 bits per heavy atom. The number of carbonyl (C=O) groups excluding carboxylic acids is 2. The van der Waals surface area contributed by atoms with Crippen molar-refractivity contribution in [2.24, 2.45) is 0 Å². The van der Waals surface area contributed by atoms with Gasteiger partial charge in [-0.05, 0) is 31.2 Å². The van der Waals surface area contributed by atoms with Gasteiger partial charge >= 0.3 is 6.03 Å². The number of ether oxygens (including phenoxy) is 1. The van der Waals surface area contributed by atoms with E-state index >= 15 is 0 Å². The molecule has 0 spiro atoms. The van der Waals surface area contributed by atoms with Gasteiger partial charge in [0.15, 0.2) is 0 Å². The summed E-state index contributed by atoms with van der Waals surface area (Å²) >= 11 is 0. The zero-order valence-electron chi connectivity index (χ0n) is 11.0. The number of benzene rings is 1. The van der Waals surface area contributed by atoms with Gasteiger partial charge in [0.05, 0.1) is 7.11 Å². The second kappa shape index (κ2) is 5.60. The first-order valence-corrected chi connectivity index (χ1v) is 6.11. The second-order valence-corrected chi connectivity index (χ2v) is 4.32. The van der Waals surface area contributed by atoms with Crippen LogP contribution in [0, 0.1) is 0 Å². The Morgan fingerprint density at radius 2 is 2.11 bits per heavy atom. The number of rotatable bonds is 4. The van der Waals surface area contributed by atoms with Crippen LogP contribution in [0.25, 0.3) is 0 Å². The van der Waals surface area contributed by atoms with Crippen LogP contribution in [0.4, 0.5) is 10.5 Å². The van der Waals surface area contributed by atoms with Crippen molar-refractivity contribution in [1.29, 1.82) is 0 Å². The molecular weight excluding hydrogens is 246 g/mol. The van der Waals surface area contributed by atoms with Gasteiger partial charge in [0.2, 0.25) is 0 Å². The van der Waals surface area contributed by atoms with Gasteiger partial charge in [-0.1, -0.05) is 0 Å². The van der Waals surface area contributed by atoms with Crippen LogP contribution in [0.15, 0.2) is 24.3 Å². The molecular formula is C13H17N3O3. The predicted molar refractivity (Wildman–Crippen MR) is 71.2 cm³/mol. The van der Waals surface area contributed by atoms with E-state index in [-0.39, 0.29) is 11.9 Å². The molecule has 1 unspecified atom stereocenters. The standard InChI is InChI=1S/C13H17N3O3/c1-9(12(17)16-8-7-14-13(16)18)15-10-3-5-11(19-2)6-4-10/h3-6,9,15H,7-8H2,1-2H3,(H,14,18). The summed E-state index contributed by atoms with van der Waals surface area (Å²) < 4.78 is 5.06. The van der Waals surface area contributed by atoms with Crippen molar-refractivity contribution in [3.05, 3.63) is 24.3 Å². The van der Waals surface area contributed by atoms with Crippen LogP contribution >= 0.6 is 0 Å². The molecule has 1 heterocycles. The maximum atomic E-state index is 12.1. The second-order valence-electron chi connectivity index (χ2n) is 4.32. The molecule has 6 heteroatoms. The predicted octanol–water partition coefficient (Wildman–Crippen LogP) is 1.05. The average Bonchev–Trinajstić information content (AvgIpc) is 2.85. The molecule has 0 aromatic heterocycles. The van der Waals surface area contributed by atoms with E-state index in [2.05, 4.69) is 10.6 Å². The largest absolute Gasteiger partial charge is 0.497 e. The van der Waals surface area contributed by atoms with Crippen LogP contribution in [0.5, 0.6) is 5.75 Å². The first-order chi connectivity index (χ1) is 9.11. The summed E-state index contributed by atoms with van der Waals surface area (Å²) in [5, 5.41) is 5.67. The first-order valence-electron chi connectivity index (χ1n) is 6.11. The third-order valence-electron chi connectivity index (χ3n) is 2.97. The molecule has 2 rings (SSSR count). The molecule has 102 valence electrons. The highest BCUT2D eigenvalue weighted by Crippen LogP contribution is 2.16. The number of anilines is 1. The first kappa shape index (κ1) is 13.2. The van der Waals surface area contributed by atoms with Gasteiger partial charge in [-0.15, -0.1) is 0 Å². The lowest BCUT2D eigenvalue weighted by molar-refractivity contribution is -0.128. The number of hydrogen-bond donors (Lipinski definition) is 2. The zero-order valence-corrected chi connectivity index (χ0v) is 11.0. The lowest BCUT2D eigenvalue weighted by Crippen LogP contribution is -2.43. The number of hydrogen-bond acceptors (Lipinski definition) is 4. The van der Waals surface area contributed by atoms with E-state index < -0.39 is 6.04 Å². The van der Waals surface area contributed by atoms with Crippen molar-refractivity contribution < 1.29 is 14.3 Å². The summed E-state index contributed by atoms with van der Waals surface area (Å²) in [6.07, 6.45) is 0. The number of nitrogens with zero attached hydrogens (tertiary/aromatic N) is 1. The number of carbonyl (C=O) groups is 2. The minimum atomic E-state index is -0.461. The molecule has 1 aromatic rings. The molecule has 1 aliphatic rings. The molecule has 1 atom stereocenters. The Bertz CT molecular complexity index is 473. The van der Waals surface area contributed by atoms with Crippen molar-refractivity contribution in [2.45, 2.75) is 13.0 Å². The highest BCUT2D eigenvalue weighted by Gasteiger charge is 2.29. The van der Waals surface area contributed by atoms with E-state index in [4.69, 9.17) is 4.74 Å². The molecule has 1 saturated heterocycles. The fourth-order valence-electron chi connectivity index (χ4n) is 1.91. The molecule has 2 N–H and O–H groups in total. The summed E-state index contributed by atoms with van der Waals surface area (Å²) in [5.41, 5.74) is 0.807. The van der Waals surface area contributed by atoms with Gasteiger partial charge in [-0.2, -0.15) is 0 Å². The fraction of sp³-hybridized carbons (Fsp3) is 0.385. The normalized spacial score (nSPS) is 15.9. The number of imide groups is 1. The summed E-state index contributed by atoms with van der Waals surface area (Å²) in [4.78, 5) is 24.7.